The summed E-state index contributed by atoms with van der Waals surface area (Å²) in [6.07, 6.45) is 3.92. The van der Waals surface area contributed by atoms with E-state index in [4.69, 9.17) is 0 Å². The number of rotatable bonds is 2. The van der Waals surface area contributed by atoms with Gasteiger partial charge in [-0.25, -0.2) is 0 Å². The van der Waals surface area contributed by atoms with E-state index >= 15 is 0 Å². The summed E-state index contributed by atoms with van der Waals surface area (Å²) in [5, 5.41) is 18.4. The highest BCUT2D eigenvalue weighted by atomic mass is 16.4. The van der Waals surface area contributed by atoms with Crippen LogP contribution in [0, 0.1) is 17.3 Å². The first-order chi connectivity index (χ1) is 8.33. The van der Waals surface area contributed by atoms with E-state index in [2.05, 4.69) is 13.8 Å². The van der Waals surface area contributed by atoms with Crippen LogP contribution in [-0.4, -0.2) is 22.2 Å². The SMILES string of the molecule is CC1(C)CCCC2=C1C[C@H](C(=O)O)[C@H](C(=O)O)C2. The number of carboxylic acids is 2. The lowest BCUT2D eigenvalue weighted by Crippen LogP contribution is -2.37. The number of carbonyl (C=O) groups is 2. The molecule has 0 saturated heterocycles. The fourth-order valence-electron chi connectivity index (χ4n) is 3.46. The van der Waals surface area contributed by atoms with E-state index in [0.29, 0.717) is 12.8 Å². The van der Waals surface area contributed by atoms with Crippen molar-refractivity contribution in [2.75, 3.05) is 0 Å². The number of hydrogen-bond donors (Lipinski definition) is 2. The highest BCUT2D eigenvalue weighted by molar-refractivity contribution is 5.81. The minimum absolute atomic E-state index is 0.0325. The van der Waals surface area contributed by atoms with Gasteiger partial charge in [0.1, 0.15) is 0 Å². The smallest absolute Gasteiger partial charge is 0.307 e. The predicted molar refractivity (Wildman–Crippen MR) is 66.1 cm³/mol. The molecule has 2 rings (SSSR count). The zero-order chi connectivity index (χ0) is 13.5. The molecule has 2 atom stereocenters. The van der Waals surface area contributed by atoms with Gasteiger partial charge < -0.3 is 10.2 Å². The maximum Gasteiger partial charge on any atom is 0.307 e. The van der Waals surface area contributed by atoms with Crippen LogP contribution in [0.1, 0.15) is 46.0 Å². The van der Waals surface area contributed by atoms with E-state index in [-0.39, 0.29) is 5.41 Å². The third-order valence-electron chi connectivity index (χ3n) is 4.53. The molecule has 100 valence electrons. The molecule has 0 unspecified atom stereocenters. The van der Waals surface area contributed by atoms with E-state index in [1.807, 2.05) is 0 Å². The van der Waals surface area contributed by atoms with E-state index in [1.165, 1.54) is 11.1 Å². The second-order valence-corrected chi connectivity index (χ2v) is 6.12. The Bertz CT molecular complexity index is 420. The third-order valence-corrected chi connectivity index (χ3v) is 4.53. The van der Waals surface area contributed by atoms with Gasteiger partial charge in [-0.3, -0.25) is 9.59 Å². The van der Waals surface area contributed by atoms with Gasteiger partial charge in [0, 0.05) is 0 Å². The van der Waals surface area contributed by atoms with Gasteiger partial charge in [-0.05, 0) is 37.5 Å². The highest BCUT2D eigenvalue weighted by Crippen LogP contribution is 2.49. The van der Waals surface area contributed by atoms with E-state index in [1.54, 1.807) is 0 Å². The minimum Gasteiger partial charge on any atom is -0.481 e. The number of hydrogen-bond acceptors (Lipinski definition) is 2. The standard InChI is InChI=1S/C14H20O4/c1-14(2)5-3-4-8-6-9(12(15)16)10(13(17)18)7-11(8)14/h9-10H,3-7H2,1-2H3,(H,15,16)(H,17,18)/t9-,10+/m1/s1. The van der Waals surface area contributed by atoms with Crippen molar-refractivity contribution < 1.29 is 19.8 Å². The molecule has 0 aromatic rings. The molecule has 0 fully saturated rings. The first-order valence-electron chi connectivity index (χ1n) is 6.50. The molecule has 0 saturated carbocycles. The van der Waals surface area contributed by atoms with Gasteiger partial charge in [-0.2, -0.15) is 0 Å². The predicted octanol–water partition coefficient (Wildman–Crippen LogP) is 2.69. The number of aliphatic carboxylic acids is 2. The highest BCUT2D eigenvalue weighted by Gasteiger charge is 2.43. The third kappa shape index (κ3) is 2.16. The molecule has 18 heavy (non-hydrogen) atoms. The fourth-order valence-corrected chi connectivity index (χ4v) is 3.46. The summed E-state index contributed by atoms with van der Waals surface area (Å²) < 4.78 is 0. The van der Waals surface area contributed by atoms with Gasteiger partial charge in [-0.15, -0.1) is 0 Å². The summed E-state index contributed by atoms with van der Waals surface area (Å²) in [7, 11) is 0. The zero-order valence-corrected chi connectivity index (χ0v) is 10.9. The largest absolute Gasteiger partial charge is 0.481 e. The van der Waals surface area contributed by atoms with Crippen LogP contribution in [0.25, 0.3) is 0 Å². The summed E-state index contributed by atoms with van der Waals surface area (Å²) in [6.45, 7) is 4.28. The van der Waals surface area contributed by atoms with Crippen LogP contribution in [0.15, 0.2) is 11.1 Å². The normalized spacial score (nSPS) is 30.8. The summed E-state index contributed by atoms with van der Waals surface area (Å²) in [5.74, 6) is -3.47. The summed E-state index contributed by atoms with van der Waals surface area (Å²) in [5.41, 5.74) is 2.44. The van der Waals surface area contributed by atoms with Crippen LogP contribution >= 0.6 is 0 Å². The average Bonchev–Trinajstić information content (AvgIpc) is 2.27. The lowest BCUT2D eigenvalue weighted by molar-refractivity contribution is -0.154. The van der Waals surface area contributed by atoms with E-state index in [9.17, 15) is 19.8 Å². The van der Waals surface area contributed by atoms with Crippen molar-refractivity contribution in [3.63, 3.8) is 0 Å². The van der Waals surface area contributed by atoms with Crippen LogP contribution in [0.3, 0.4) is 0 Å². The molecule has 2 N–H and O–H groups in total. The summed E-state index contributed by atoms with van der Waals surface area (Å²) in [6, 6.07) is 0. The van der Waals surface area contributed by atoms with E-state index in [0.717, 1.165) is 19.3 Å². The Balaban J connectivity index is 2.37. The van der Waals surface area contributed by atoms with Crippen molar-refractivity contribution >= 4 is 11.9 Å². The summed E-state index contributed by atoms with van der Waals surface area (Å²) in [4.78, 5) is 22.5. The molecule has 0 spiro atoms. The van der Waals surface area contributed by atoms with Crippen molar-refractivity contribution in [1.82, 2.24) is 0 Å². The van der Waals surface area contributed by atoms with Crippen molar-refractivity contribution in [3.05, 3.63) is 11.1 Å². The number of carboxylic acid groups (broad SMARTS) is 2. The lowest BCUT2D eigenvalue weighted by Gasteiger charge is -2.41. The quantitative estimate of drug-likeness (QED) is 0.741. The molecule has 0 heterocycles. The van der Waals surface area contributed by atoms with Crippen LogP contribution in [0.2, 0.25) is 0 Å². The van der Waals surface area contributed by atoms with Crippen molar-refractivity contribution in [3.8, 4) is 0 Å². The van der Waals surface area contributed by atoms with Gasteiger partial charge in [0.25, 0.3) is 0 Å². The molecule has 0 aromatic carbocycles. The molecule has 2 aliphatic rings. The average molecular weight is 252 g/mol. The Morgan fingerprint density at radius 3 is 2.22 bits per heavy atom. The second-order valence-electron chi connectivity index (χ2n) is 6.12. The van der Waals surface area contributed by atoms with E-state index < -0.39 is 23.8 Å². The molecule has 2 aliphatic carbocycles. The van der Waals surface area contributed by atoms with Crippen LogP contribution < -0.4 is 0 Å². The molecule has 4 nitrogen and oxygen atoms in total. The molecule has 4 heteroatoms. The van der Waals surface area contributed by atoms with Gasteiger partial charge in [0.2, 0.25) is 0 Å². The fraction of sp³-hybridized carbons (Fsp3) is 0.714. The zero-order valence-electron chi connectivity index (χ0n) is 10.9. The molecule has 0 aliphatic heterocycles. The van der Waals surface area contributed by atoms with Crippen molar-refractivity contribution in [1.29, 1.82) is 0 Å². The monoisotopic (exact) mass is 252 g/mol. The van der Waals surface area contributed by atoms with Gasteiger partial charge >= 0.3 is 11.9 Å². The Kier molecular flexibility index (Phi) is 3.21. The number of allylic oxidation sites excluding steroid dienone is 2. The van der Waals surface area contributed by atoms with Crippen LogP contribution in [0.5, 0.6) is 0 Å². The maximum atomic E-state index is 11.3. The van der Waals surface area contributed by atoms with Crippen molar-refractivity contribution in [2.45, 2.75) is 46.0 Å². The van der Waals surface area contributed by atoms with Crippen LogP contribution in [0.4, 0.5) is 0 Å². The Morgan fingerprint density at radius 1 is 1.11 bits per heavy atom. The second kappa shape index (κ2) is 4.41. The Labute approximate surface area is 107 Å². The molecular formula is C14H20O4. The first kappa shape index (κ1) is 13.1. The molecule has 0 radical (unpaired) electrons. The Morgan fingerprint density at radius 2 is 1.67 bits per heavy atom. The molecule has 0 aromatic heterocycles. The van der Waals surface area contributed by atoms with Crippen molar-refractivity contribution in [2.24, 2.45) is 17.3 Å². The maximum absolute atomic E-state index is 11.3. The molecule has 0 bridgehead atoms. The molecule has 0 amide bonds. The van der Waals surface area contributed by atoms with Gasteiger partial charge in [-0.1, -0.05) is 25.0 Å². The lowest BCUT2D eigenvalue weighted by atomic mass is 9.63. The Hall–Kier alpha value is -1.32. The topological polar surface area (TPSA) is 74.6 Å². The van der Waals surface area contributed by atoms with Gasteiger partial charge in [0.05, 0.1) is 11.8 Å². The van der Waals surface area contributed by atoms with Crippen LogP contribution in [-0.2, 0) is 9.59 Å². The molecular weight excluding hydrogens is 232 g/mol. The minimum atomic E-state index is -0.977. The van der Waals surface area contributed by atoms with Gasteiger partial charge in [0.15, 0.2) is 0 Å². The summed E-state index contributed by atoms with van der Waals surface area (Å²) >= 11 is 0. The first-order valence-corrected chi connectivity index (χ1v) is 6.50.